The number of amides is 1. The minimum atomic E-state index is -1.82. The Kier molecular flexibility index (Phi) is 3.84. The number of β-lactam (4-membered cyclic amide) rings is 1. The van der Waals surface area contributed by atoms with Crippen molar-refractivity contribution in [2.75, 3.05) is 0 Å². The monoisotopic (exact) mass is 294 g/mol. The number of nitrogens with zero attached hydrogens (tertiary/aromatic N) is 2. The molecule has 2 unspecified atom stereocenters. The normalized spacial score (nSPS) is 23.9. The van der Waals surface area contributed by atoms with Gasteiger partial charge in [0.05, 0.1) is 6.04 Å². The van der Waals surface area contributed by atoms with Crippen LogP contribution in [0.3, 0.4) is 0 Å². The first-order chi connectivity index (χ1) is 9.18. The highest BCUT2D eigenvalue weighted by atomic mass is 28.3. The van der Waals surface area contributed by atoms with Crippen LogP contribution in [-0.2, 0) is 9.53 Å². The lowest BCUT2D eigenvalue weighted by atomic mass is 9.98. The molecule has 2 heterocycles. The molecule has 0 spiro atoms. The Morgan fingerprint density at radius 2 is 2.10 bits per heavy atom. The average molecular weight is 294 g/mol. The van der Waals surface area contributed by atoms with Gasteiger partial charge in [-0.25, -0.2) is 4.99 Å². The van der Waals surface area contributed by atoms with Gasteiger partial charge in [0.2, 0.25) is 11.8 Å². The Morgan fingerprint density at radius 1 is 1.50 bits per heavy atom. The summed E-state index contributed by atoms with van der Waals surface area (Å²) in [6.07, 6.45) is 5.18. The van der Waals surface area contributed by atoms with E-state index < -0.39 is 8.24 Å². The maximum absolute atomic E-state index is 12.2. The molecule has 1 fully saturated rings. The second-order valence-corrected chi connectivity index (χ2v) is 12.3. The SMILES string of the molecule is CCC(OC1=NC=C1)C1CC(=O)N1[Si](C)(C)C(C)(C)C. The molecule has 0 aromatic heterocycles. The van der Waals surface area contributed by atoms with E-state index >= 15 is 0 Å². The minimum absolute atomic E-state index is 0.0607. The zero-order valence-electron chi connectivity index (χ0n) is 13.4. The summed E-state index contributed by atoms with van der Waals surface area (Å²) < 4.78 is 8.07. The number of aliphatic imine (C=N–C) groups is 1. The molecule has 0 bridgehead atoms. The fourth-order valence-electron chi connectivity index (χ4n) is 2.62. The lowest BCUT2D eigenvalue weighted by Gasteiger charge is -2.56. The van der Waals surface area contributed by atoms with E-state index in [9.17, 15) is 4.79 Å². The molecule has 1 saturated heterocycles. The lowest BCUT2D eigenvalue weighted by molar-refractivity contribution is -0.143. The molecule has 0 aromatic carbocycles. The second-order valence-electron chi connectivity index (χ2n) is 7.19. The quantitative estimate of drug-likeness (QED) is 0.589. The van der Waals surface area contributed by atoms with Gasteiger partial charge in [0.25, 0.3) is 0 Å². The van der Waals surface area contributed by atoms with Crippen molar-refractivity contribution in [3.8, 4) is 0 Å². The van der Waals surface area contributed by atoms with Crippen molar-refractivity contribution in [3.63, 3.8) is 0 Å². The largest absolute Gasteiger partial charge is 0.472 e. The summed E-state index contributed by atoms with van der Waals surface area (Å²) in [5.74, 6) is 0.987. The third kappa shape index (κ3) is 2.43. The summed E-state index contributed by atoms with van der Waals surface area (Å²) in [5.41, 5.74) is 0. The topological polar surface area (TPSA) is 41.9 Å². The first-order valence-electron chi connectivity index (χ1n) is 7.41. The van der Waals surface area contributed by atoms with Crippen LogP contribution in [0.2, 0.25) is 18.1 Å². The number of carbonyl (C=O) groups is 1. The maximum atomic E-state index is 12.2. The van der Waals surface area contributed by atoms with Gasteiger partial charge in [0.1, 0.15) is 6.10 Å². The van der Waals surface area contributed by atoms with Crippen molar-refractivity contribution in [1.29, 1.82) is 0 Å². The number of carbonyl (C=O) groups excluding carboxylic acids is 1. The van der Waals surface area contributed by atoms with Gasteiger partial charge >= 0.3 is 0 Å². The van der Waals surface area contributed by atoms with Crippen molar-refractivity contribution in [3.05, 3.63) is 12.3 Å². The first-order valence-corrected chi connectivity index (χ1v) is 10.4. The maximum Gasteiger partial charge on any atom is 0.217 e. The smallest absolute Gasteiger partial charge is 0.217 e. The van der Waals surface area contributed by atoms with Crippen LogP contribution in [0, 0.1) is 0 Å². The molecule has 2 aliphatic rings. The molecule has 5 heteroatoms. The second kappa shape index (κ2) is 5.02. The van der Waals surface area contributed by atoms with Gasteiger partial charge in [-0.2, -0.15) is 0 Å². The molecular formula is C15H26N2O2Si. The molecule has 2 rings (SSSR count). The zero-order valence-corrected chi connectivity index (χ0v) is 14.4. The fraction of sp³-hybridized carbons (Fsp3) is 0.733. The van der Waals surface area contributed by atoms with Crippen LogP contribution in [0.4, 0.5) is 0 Å². The predicted octanol–water partition coefficient (Wildman–Crippen LogP) is 3.31. The van der Waals surface area contributed by atoms with E-state index in [1.54, 1.807) is 6.20 Å². The third-order valence-electron chi connectivity index (χ3n) is 4.94. The molecule has 0 N–H and O–H groups in total. The van der Waals surface area contributed by atoms with Crippen molar-refractivity contribution in [2.45, 2.75) is 70.8 Å². The van der Waals surface area contributed by atoms with E-state index in [1.807, 2.05) is 6.08 Å². The molecule has 20 heavy (non-hydrogen) atoms. The van der Waals surface area contributed by atoms with E-state index in [1.165, 1.54) is 0 Å². The number of ether oxygens (including phenoxy) is 1. The van der Waals surface area contributed by atoms with Gasteiger partial charge in [-0.3, -0.25) is 4.79 Å². The number of hydrogen-bond donors (Lipinski definition) is 0. The molecule has 0 aromatic rings. The highest BCUT2D eigenvalue weighted by Gasteiger charge is 2.54. The first kappa shape index (κ1) is 15.3. The highest BCUT2D eigenvalue weighted by molar-refractivity contribution is 6.80. The molecule has 2 atom stereocenters. The fourth-order valence-corrected chi connectivity index (χ4v) is 5.14. The molecule has 1 amide bonds. The van der Waals surface area contributed by atoms with Gasteiger partial charge in [0.15, 0.2) is 8.24 Å². The Labute approximate surface area is 123 Å². The molecule has 0 aliphatic carbocycles. The molecule has 0 saturated carbocycles. The van der Waals surface area contributed by atoms with Crippen LogP contribution < -0.4 is 0 Å². The third-order valence-corrected chi connectivity index (χ3v) is 10.4. The summed E-state index contributed by atoms with van der Waals surface area (Å²) in [6, 6.07) is 0.213. The predicted molar refractivity (Wildman–Crippen MR) is 84.2 cm³/mol. The summed E-state index contributed by atoms with van der Waals surface area (Å²) in [5, 5.41) is 0.160. The van der Waals surface area contributed by atoms with Crippen molar-refractivity contribution in [1.82, 2.24) is 4.57 Å². The summed E-state index contributed by atoms with van der Waals surface area (Å²) >= 11 is 0. The van der Waals surface area contributed by atoms with E-state index in [4.69, 9.17) is 4.74 Å². The van der Waals surface area contributed by atoms with Gasteiger partial charge in [-0.15, -0.1) is 0 Å². The minimum Gasteiger partial charge on any atom is -0.472 e. The lowest BCUT2D eigenvalue weighted by Crippen LogP contribution is -2.71. The highest BCUT2D eigenvalue weighted by Crippen LogP contribution is 2.44. The average Bonchev–Trinajstić information content (AvgIpc) is 2.23. The Bertz CT molecular complexity index is 463. The van der Waals surface area contributed by atoms with Gasteiger partial charge in [-0.1, -0.05) is 40.8 Å². The summed E-state index contributed by atoms with van der Waals surface area (Å²) in [7, 11) is -1.82. The number of rotatable bonds is 4. The van der Waals surface area contributed by atoms with Crippen LogP contribution in [0.25, 0.3) is 0 Å². The Hall–Kier alpha value is -1.10. The van der Waals surface area contributed by atoms with Crippen LogP contribution >= 0.6 is 0 Å². The summed E-state index contributed by atoms with van der Waals surface area (Å²) in [6.45, 7) is 13.4. The van der Waals surface area contributed by atoms with Gasteiger partial charge < -0.3 is 9.30 Å². The molecule has 2 aliphatic heterocycles. The van der Waals surface area contributed by atoms with Crippen molar-refractivity contribution in [2.24, 2.45) is 4.99 Å². The molecule has 0 radical (unpaired) electrons. The van der Waals surface area contributed by atoms with Crippen molar-refractivity contribution >= 4 is 20.0 Å². The van der Waals surface area contributed by atoms with Crippen LogP contribution in [0.1, 0.15) is 40.5 Å². The summed E-state index contributed by atoms with van der Waals surface area (Å²) in [4.78, 5) is 16.3. The van der Waals surface area contributed by atoms with E-state index in [0.29, 0.717) is 12.3 Å². The Morgan fingerprint density at radius 3 is 2.45 bits per heavy atom. The molecule has 112 valence electrons. The van der Waals surface area contributed by atoms with Gasteiger partial charge in [-0.05, 0) is 11.5 Å². The van der Waals surface area contributed by atoms with Crippen molar-refractivity contribution < 1.29 is 9.53 Å². The van der Waals surface area contributed by atoms with E-state index in [0.717, 1.165) is 6.42 Å². The van der Waals surface area contributed by atoms with Gasteiger partial charge in [0, 0.05) is 18.7 Å². The molecular weight excluding hydrogens is 268 g/mol. The standard InChI is InChI=1S/C15H26N2O2Si/c1-7-12(19-13-8-9-16-13)11-10-14(18)17(11)20(5,6)15(2,3)4/h8-9,11-12H,7,10H2,1-6H3. The molecule has 4 nitrogen and oxygen atoms in total. The van der Waals surface area contributed by atoms with Crippen LogP contribution in [0.15, 0.2) is 17.3 Å². The van der Waals surface area contributed by atoms with E-state index in [2.05, 4.69) is 50.3 Å². The Balaban J connectivity index is 2.13. The zero-order chi connectivity index (χ0) is 15.1. The van der Waals surface area contributed by atoms with Crippen LogP contribution in [-0.4, -0.2) is 36.8 Å². The van der Waals surface area contributed by atoms with E-state index in [-0.39, 0.29) is 23.1 Å². The number of hydrogen-bond acceptors (Lipinski definition) is 3. The van der Waals surface area contributed by atoms with Crippen LogP contribution in [0.5, 0.6) is 0 Å².